The maximum Gasteiger partial charge on any atom is 0.135 e. The zero-order valence-corrected chi connectivity index (χ0v) is 76.7. The molecule has 0 amide bonds. The fraction of sp³-hybridized carbons (Fsp3) is 0.0143. The molecule has 682 valence electrons. The molecule has 0 radical (unpaired) electrons. The number of rotatable bonds is 6. The number of aromatic nitrogens is 6. The van der Waals surface area contributed by atoms with Gasteiger partial charge in [-0.3, -0.25) is 0 Å². The van der Waals surface area contributed by atoms with Crippen molar-refractivity contribution in [2.45, 2.75) is 13.7 Å². The number of furan rings is 2. The normalized spacial score (nSPS) is 16.5. The van der Waals surface area contributed by atoms with Gasteiger partial charge in [-0.2, -0.15) is 0 Å². The molecule has 0 aliphatic carbocycles. The van der Waals surface area contributed by atoms with Crippen molar-refractivity contribution < 1.29 is 60.9 Å². The second-order valence-electron chi connectivity index (χ2n) is 38.1. The number of nitrogens with zero attached hydrogens (tertiary/aromatic N) is 6. The minimum Gasteiger partial charge on any atom is -0.456 e. The van der Waals surface area contributed by atoms with Gasteiger partial charge in [0.15, 0.2) is 0 Å². The number of hydrogen-bond acceptors (Lipinski definition) is 2. The van der Waals surface area contributed by atoms with Gasteiger partial charge in [0.25, 0.3) is 0 Å². The molecule has 8 heteroatoms. The molecule has 148 heavy (non-hydrogen) atoms. The van der Waals surface area contributed by atoms with Crippen LogP contribution in [0.2, 0.25) is 0 Å². The molecule has 14 aromatic heterocycles. The van der Waals surface area contributed by atoms with Crippen molar-refractivity contribution in [2.75, 3.05) is 0 Å². The fourth-order valence-corrected chi connectivity index (χ4v) is 25.3. The van der Waals surface area contributed by atoms with E-state index in [4.69, 9.17) is 55.4 Å². The van der Waals surface area contributed by atoms with Gasteiger partial charge in [-0.25, -0.2) is 0 Å². The van der Waals surface area contributed by atoms with Gasteiger partial charge < -0.3 is 35.2 Å². The highest BCUT2D eigenvalue weighted by atomic mass is 16.3. The molecule has 0 saturated heterocycles. The Morgan fingerprint density at radius 3 is 0.642 bits per heavy atom. The van der Waals surface area contributed by atoms with E-state index < -0.39 is 122 Å². The molecule has 0 aliphatic heterocycles. The molecule has 37 rings (SSSR count). The van der Waals surface area contributed by atoms with Gasteiger partial charge >= 0.3 is 0 Å². The van der Waals surface area contributed by atoms with E-state index in [0.717, 1.165) is 218 Å². The predicted octanol–water partition coefficient (Wildman–Crippen LogP) is 38.4. The van der Waals surface area contributed by atoms with E-state index in [1.807, 2.05) is 206 Å². The molecular formula is C140H80N6O2. The number of hydrogen-bond donors (Lipinski definition) is 0. The highest BCUT2D eigenvalue weighted by molar-refractivity contribution is 6.37. The van der Waals surface area contributed by atoms with Crippen LogP contribution in [0.5, 0.6) is 0 Å². The Hall–Kier alpha value is -19.5. The Kier molecular flexibility index (Phi) is 10.1. The second-order valence-corrected chi connectivity index (χ2v) is 38.1. The van der Waals surface area contributed by atoms with Gasteiger partial charge in [-0.1, -0.05) is 350 Å². The lowest BCUT2D eigenvalue weighted by Crippen LogP contribution is -1.82. The second kappa shape index (κ2) is 28.7. The summed E-state index contributed by atoms with van der Waals surface area (Å²) in [5, 5.41) is 20.8. The maximum atomic E-state index is 9.66. The minimum absolute atomic E-state index is 0.0104. The van der Waals surface area contributed by atoms with Crippen LogP contribution in [0, 0.1) is 13.7 Å². The van der Waals surface area contributed by atoms with Gasteiger partial charge in [0.1, 0.15) is 22.3 Å². The van der Waals surface area contributed by atoms with E-state index in [1.165, 1.54) is 0 Å². The quantitative estimate of drug-likeness (QED) is 0.167. The fourth-order valence-electron chi connectivity index (χ4n) is 25.3. The summed E-state index contributed by atoms with van der Waals surface area (Å²) in [5.41, 5.74) is 17.6. The summed E-state index contributed by atoms with van der Waals surface area (Å²) in [4.78, 5) is 0. The molecule has 0 unspecified atom stereocenters. The van der Waals surface area contributed by atoms with E-state index in [0.29, 0.717) is 44.2 Å². The van der Waals surface area contributed by atoms with E-state index in [1.54, 1.807) is 12.1 Å². The molecule has 0 aliphatic rings. The largest absolute Gasteiger partial charge is 0.456 e. The topological polar surface area (TPSA) is 52.7 Å². The Balaban J connectivity index is 0.000000110. The van der Waals surface area contributed by atoms with Crippen LogP contribution in [0.15, 0.2) is 457 Å². The standard InChI is InChI=1S/C54H28N2O2.C44H28N2.C42H24N2/c1-5-13-43-37(11-1)51-31(29-17-23-49-41(25-29)33-9-3-7-15-47(33)57-49)19-21-35-39-28-46-40(27-45(39)55(43)53(35)51)36-22-20-32(52-38-12-2-6-14-44(38)56(46)54(36)52)30-18-24-50-42(26-30)34-10-4-8-16-48(34)58-50;1-25-11-15-27(16-12-25)29-19-21-31-35-23-40-36(24-39(35)45-37-9-5-3-7-33(37)41(29)43(31)45)32-22-20-30(28-17-13-26(2)14-18-28)42-34-8-4-6-10-38(34)46(40)44(32)42;1-3-11-25(12-4-1)27-19-21-29-33-23-38-34(24-37(33)43-35-17-9-7-15-31(35)39(27)41(29)43)30-22-20-28(26-13-5-2-6-14-26)40-32-16-8-10-18-36(32)44(38)42(30)40/h1-28H;3-24H,1-2H3;1-24H/i3D,4D,7D,8D,9D,10D,15D,16D,17D,18D,23D,24D,25D,26D;1D3,2D3,11D,12D,13D,14D,15D,16D,17D,18D;1D,2D,3D,4D,5D,6D,11D,12D,13D,14D. The highest BCUT2D eigenvalue weighted by Crippen LogP contribution is 2.56. The van der Waals surface area contributed by atoms with Gasteiger partial charge in [-0.05, 0) is 190 Å². The minimum atomic E-state index is -2.84. The SMILES string of the molecule is [2H]c1c([2H])c(C([2H])([2H])[2H])c([2H])c([2H])c1-c1ccc2c3cc4c(cc3n3c5ccccc5c1c23)c1ccc(-c2c([2H])c([2H])c(C([2H])([2H])[2H])c([2H])c2[2H])c2c3ccccc3n4c12.[2H]c1c([2H])c([2H])c(-c2ccc3c4cc5c(cc4n4c6ccccc6c2c34)c2ccc(-c3c([2H])c([2H])c([2H])c([2H])c3[2H])c3c4ccccc4n5c23)c([2H])c1[2H].[2H]c1c([2H])c([2H])c2c(oc3c([2H])c([2H])c(-c4ccc5c6cc7c(cc6n6c8ccccc8c4c56)c4ccc(-c5c([2H])c([2H])c6oc8c([2H])c([2H])c([2H])c([2H])c8c6c5[2H])c5c6ccccc6n7c45)c([2H])c32)c1[2H]. The Morgan fingerprint density at radius 2 is 0.385 bits per heavy atom. The summed E-state index contributed by atoms with van der Waals surface area (Å²) in [6.45, 7) is -5.68. The third-order valence-corrected chi connectivity index (χ3v) is 31.1. The first-order chi connectivity index (χ1) is 89.0. The smallest absolute Gasteiger partial charge is 0.135 e. The van der Waals surface area contributed by atoms with E-state index >= 15 is 0 Å². The molecule has 0 atom stereocenters. The van der Waals surface area contributed by atoms with Crippen molar-refractivity contribution in [1.82, 2.24) is 26.4 Å². The van der Waals surface area contributed by atoms with Gasteiger partial charge in [0.2, 0.25) is 0 Å². The summed E-state index contributed by atoms with van der Waals surface area (Å²) in [7, 11) is 0. The molecule has 0 N–H and O–H groups in total. The van der Waals surface area contributed by atoms with Crippen molar-refractivity contribution in [2.24, 2.45) is 0 Å². The zero-order chi connectivity index (χ0) is 129. The molecule has 14 heterocycles. The predicted molar refractivity (Wildman–Crippen MR) is 624 cm³/mol. The summed E-state index contributed by atoms with van der Waals surface area (Å²) in [5.74, 6) is 0. The summed E-state index contributed by atoms with van der Waals surface area (Å²) < 4.78 is 353. The van der Waals surface area contributed by atoms with Gasteiger partial charge in [0.05, 0.1) is 143 Å². The van der Waals surface area contributed by atoms with Crippen LogP contribution in [-0.2, 0) is 0 Å². The van der Waals surface area contributed by atoms with E-state index in [-0.39, 0.29) is 174 Å². The van der Waals surface area contributed by atoms with Crippen LogP contribution in [0.3, 0.4) is 0 Å². The van der Waals surface area contributed by atoms with Crippen molar-refractivity contribution in [3.05, 3.63) is 459 Å². The maximum absolute atomic E-state index is 9.66. The van der Waals surface area contributed by atoms with Crippen LogP contribution < -0.4 is 0 Å². The lowest BCUT2D eigenvalue weighted by Gasteiger charge is -2.07. The zero-order valence-electron chi connectivity index (χ0n) is 115. The van der Waals surface area contributed by atoms with Crippen molar-refractivity contribution >= 4 is 272 Å². The first kappa shape index (κ1) is 51.9. The highest BCUT2D eigenvalue weighted by Gasteiger charge is 2.32. The lowest BCUT2D eigenvalue weighted by molar-refractivity contribution is 0.668. The third-order valence-electron chi connectivity index (χ3n) is 31.1. The molecule has 0 saturated carbocycles. The first-order valence-electron chi connectivity index (χ1n) is 67.2. The van der Waals surface area contributed by atoms with Crippen molar-refractivity contribution in [3.8, 4) is 66.8 Å². The summed E-state index contributed by atoms with van der Waals surface area (Å²) >= 11 is 0. The van der Waals surface area contributed by atoms with Crippen molar-refractivity contribution in [3.63, 3.8) is 0 Å². The number of para-hydroxylation sites is 8. The average molecular weight is 1920 g/mol. The van der Waals surface area contributed by atoms with Crippen LogP contribution in [0.4, 0.5) is 0 Å². The van der Waals surface area contributed by atoms with Crippen LogP contribution in [0.25, 0.3) is 339 Å². The van der Waals surface area contributed by atoms with Crippen LogP contribution >= 0.6 is 0 Å². The summed E-state index contributed by atoms with van der Waals surface area (Å²) in [6.07, 6.45) is 0. The lowest BCUT2D eigenvalue weighted by atomic mass is 9.95. The van der Waals surface area contributed by atoms with Crippen molar-refractivity contribution in [1.29, 1.82) is 0 Å². The molecule has 0 spiro atoms. The van der Waals surface area contributed by atoms with E-state index in [2.05, 4.69) is 62.8 Å². The molecule has 0 fully saturated rings. The van der Waals surface area contributed by atoms with Gasteiger partial charge in [-0.15, -0.1) is 0 Å². The average Bonchev–Trinajstić information content (AvgIpc) is 1.51. The third kappa shape index (κ3) is 10.3. The molecule has 8 nitrogen and oxygen atoms in total. The molecule has 23 aromatic carbocycles. The van der Waals surface area contributed by atoms with Gasteiger partial charge in [0, 0.05) is 159 Å². The number of benzene rings is 23. The monoisotopic (exact) mass is 1910 g/mol. The molecule has 37 aromatic rings. The van der Waals surface area contributed by atoms with Crippen LogP contribution in [0.1, 0.15) is 63.2 Å². The first-order valence-corrected chi connectivity index (χ1v) is 48.2. The Labute approximate surface area is 895 Å². The van der Waals surface area contributed by atoms with E-state index in [9.17, 15) is 5.48 Å². The Morgan fingerprint density at radius 1 is 0.169 bits per heavy atom. The van der Waals surface area contributed by atoms with Crippen LogP contribution in [-0.4, -0.2) is 26.4 Å². The molecule has 0 bridgehead atoms. The summed E-state index contributed by atoms with van der Waals surface area (Å²) in [6, 6.07) is 70.2. The molecular weight excluding hydrogens is 1800 g/mol. The number of fused-ring (bicyclic) bond motifs is 42. The Bertz CT molecular complexity index is 13900.